The van der Waals surface area contributed by atoms with Gasteiger partial charge in [0.2, 0.25) is 5.91 Å². The molecule has 1 aromatic carbocycles. The lowest BCUT2D eigenvalue weighted by Crippen LogP contribution is -2.41. The summed E-state index contributed by atoms with van der Waals surface area (Å²) in [5.41, 5.74) is 0.292. The third-order valence-electron chi connectivity index (χ3n) is 3.37. The molecule has 2 rings (SSSR count). The molecular weight excluding hydrogens is 285 g/mol. The number of piperidine rings is 1. The highest BCUT2D eigenvalue weighted by atomic mass is 19.4. The third-order valence-corrected chi connectivity index (χ3v) is 3.37. The highest BCUT2D eigenvalue weighted by Crippen LogP contribution is 2.25. The van der Waals surface area contributed by atoms with Crippen molar-refractivity contribution in [1.29, 1.82) is 0 Å². The number of hydrogen-bond acceptors (Lipinski definition) is 3. The van der Waals surface area contributed by atoms with Crippen LogP contribution in [0.5, 0.6) is 5.75 Å². The van der Waals surface area contributed by atoms with Crippen LogP contribution in [0.1, 0.15) is 19.8 Å². The smallest absolute Gasteiger partial charge is 0.406 e. The number of halogens is 3. The van der Waals surface area contributed by atoms with Crippen LogP contribution >= 0.6 is 0 Å². The van der Waals surface area contributed by atoms with E-state index in [1.54, 1.807) is 0 Å². The normalized spacial score (nSPS) is 22.7. The molecule has 0 aromatic heterocycles. The number of ether oxygens (including phenoxy) is 1. The van der Waals surface area contributed by atoms with Gasteiger partial charge < -0.3 is 15.4 Å². The first kappa shape index (κ1) is 15.6. The summed E-state index contributed by atoms with van der Waals surface area (Å²) in [4.78, 5) is 12.1. The molecule has 0 aliphatic carbocycles. The molecule has 2 N–H and O–H groups in total. The summed E-state index contributed by atoms with van der Waals surface area (Å²) in [6.45, 7) is 2.62. The highest BCUT2D eigenvalue weighted by Gasteiger charge is 2.31. The zero-order valence-corrected chi connectivity index (χ0v) is 11.5. The number of benzene rings is 1. The zero-order valence-electron chi connectivity index (χ0n) is 11.5. The van der Waals surface area contributed by atoms with Gasteiger partial charge in [0.25, 0.3) is 0 Å². The van der Waals surface area contributed by atoms with Gasteiger partial charge in [-0.05, 0) is 31.9 Å². The minimum Gasteiger partial charge on any atom is -0.406 e. The number of hydrogen-bond donors (Lipinski definition) is 2. The van der Waals surface area contributed by atoms with E-state index in [9.17, 15) is 18.0 Å². The standard InChI is InChI=1S/C14H17F3N2O2/c1-9-5-6-10(8-18-9)13(20)19-11-3-2-4-12(7-11)21-14(15,16)17/h2-4,7,9-10,18H,5-6,8H2,1H3,(H,19,20). The van der Waals surface area contributed by atoms with Gasteiger partial charge in [-0.3, -0.25) is 4.79 Å². The molecule has 1 saturated heterocycles. The predicted molar refractivity (Wildman–Crippen MR) is 71.9 cm³/mol. The molecule has 21 heavy (non-hydrogen) atoms. The lowest BCUT2D eigenvalue weighted by Gasteiger charge is -2.26. The molecule has 1 amide bonds. The van der Waals surface area contributed by atoms with Gasteiger partial charge in [-0.1, -0.05) is 6.07 Å². The van der Waals surface area contributed by atoms with Crippen molar-refractivity contribution in [2.45, 2.75) is 32.2 Å². The first-order chi connectivity index (χ1) is 9.83. The second kappa shape index (κ2) is 6.34. The van der Waals surface area contributed by atoms with Crippen LogP contribution < -0.4 is 15.4 Å². The fourth-order valence-electron chi connectivity index (χ4n) is 2.24. The molecule has 0 radical (unpaired) electrons. The van der Waals surface area contributed by atoms with Gasteiger partial charge in [0.15, 0.2) is 0 Å². The molecule has 2 unspecified atom stereocenters. The van der Waals surface area contributed by atoms with Crippen molar-refractivity contribution in [3.8, 4) is 5.75 Å². The molecule has 4 nitrogen and oxygen atoms in total. The van der Waals surface area contributed by atoms with Crippen LogP contribution in [0.4, 0.5) is 18.9 Å². The number of amides is 1. The molecule has 0 saturated carbocycles. The minimum absolute atomic E-state index is 0.173. The molecule has 1 aliphatic rings. The maximum absolute atomic E-state index is 12.1. The second-order valence-electron chi connectivity index (χ2n) is 5.15. The Kier molecular flexibility index (Phi) is 4.72. The fraction of sp³-hybridized carbons (Fsp3) is 0.500. The van der Waals surface area contributed by atoms with Gasteiger partial charge in [0.1, 0.15) is 5.75 Å². The van der Waals surface area contributed by atoms with Crippen LogP contribution in [0.25, 0.3) is 0 Å². The Morgan fingerprint density at radius 1 is 1.38 bits per heavy atom. The van der Waals surface area contributed by atoms with Crippen molar-refractivity contribution < 1.29 is 22.7 Å². The van der Waals surface area contributed by atoms with Crippen LogP contribution in [0, 0.1) is 5.92 Å². The van der Waals surface area contributed by atoms with Crippen LogP contribution in [-0.4, -0.2) is 24.9 Å². The van der Waals surface area contributed by atoms with Crippen molar-refractivity contribution in [3.63, 3.8) is 0 Å². The Morgan fingerprint density at radius 3 is 2.76 bits per heavy atom. The number of alkyl halides is 3. The summed E-state index contributed by atoms with van der Waals surface area (Å²) in [7, 11) is 0. The summed E-state index contributed by atoms with van der Waals surface area (Å²) in [5.74, 6) is -0.720. The summed E-state index contributed by atoms with van der Waals surface area (Å²) in [6, 6.07) is 5.66. The lowest BCUT2D eigenvalue weighted by atomic mass is 9.95. The lowest BCUT2D eigenvalue weighted by molar-refractivity contribution is -0.274. The number of carbonyl (C=O) groups is 1. The molecule has 2 atom stereocenters. The van der Waals surface area contributed by atoms with E-state index < -0.39 is 6.36 Å². The van der Waals surface area contributed by atoms with Crippen LogP contribution in [-0.2, 0) is 4.79 Å². The molecule has 1 aliphatic heterocycles. The van der Waals surface area contributed by atoms with Crippen LogP contribution in [0.2, 0.25) is 0 Å². The largest absolute Gasteiger partial charge is 0.573 e. The van der Waals surface area contributed by atoms with E-state index in [4.69, 9.17) is 0 Å². The molecule has 0 spiro atoms. The Labute approximate surface area is 120 Å². The number of nitrogens with one attached hydrogen (secondary N) is 2. The van der Waals surface area contributed by atoms with Gasteiger partial charge in [0, 0.05) is 24.3 Å². The Bertz CT molecular complexity index is 497. The summed E-state index contributed by atoms with van der Waals surface area (Å²) in [5, 5.41) is 5.83. The average molecular weight is 302 g/mol. The van der Waals surface area contributed by atoms with E-state index in [-0.39, 0.29) is 17.6 Å². The molecule has 1 fully saturated rings. The third kappa shape index (κ3) is 4.93. The van der Waals surface area contributed by atoms with E-state index in [0.717, 1.165) is 18.9 Å². The van der Waals surface area contributed by atoms with Crippen molar-refractivity contribution in [2.75, 3.05) is 11.9 Å². The van der Waals surface area contributed by atoms with Crippen LogP contribution in [0.3, 0.4) is 0 Å². The highest BCUT2D eigenvalue weighted by molar-refractivity contribution is 5.92. The Morgan fingerprint density at radius 2 is 2.14 bits per heavy atom. The van der Waals surface area contributed by atoms with Gasteiger partial charge in [0.05, 0.1) is 5.92 Å². The van der Waals surface area contributed by atoms with Gasteiger partial charge in [-0.25, -0.2) is 0 Å². The summed E-state index contributed by atoms with van der Waals surface area (Å²) in [6.07, 6.45) is -3.08. The molecule has 1 aromatic rings. The van der Waals surface area contributed by atoms with E-state index in [2.05, 4.69) is 15.4 Å². The molecular formula is C14H17F3N2O2. The Balaban J connectivity index is 1.96. The van der Waals surface area contributed by atoms with Crippen molar-refractivity contribution >= 4 is 11.6 Å². The predicted octanol–water partition coefficient (Wildman–Crippen LogP) is 2.91. The maximum atomic E-state index is 12.1. The molecule has 116 valence electrons. The molecule has 7 heteroatoms. The van der Waals surface area contributed by atoms with Crippen molar-refractivity contribution in [2.24, 2.45) is 5.92 Å². The average Bonchev–Trinajstić information content (AvgIpc) is 2.37. The fourth-order valence-corrected chi connectivity index (χ4v) is 2.24. The summed E-state index contributed by atoms with van der Waals surface area (Å²) < 4.78 is 40.3. The zero-order chi connectivity index (χ0) is 15.5. The number of carbonyl (C=O) groups excluding carboxylic acids is 1. The quantitative estimate of drug-likeness (QED) is 0.902. The van der Waals surface area contributed by atoms with E-state index in [1.807, 2.05) is 6.92 Å². The topological polar surface area (TPSA) is 50.4 Å². The first-order valence-corrected chi connectivity index (χ1v) is 6.73. The van der Waals surface area contributed by atoms with E-state index >= 15 is 0 Å². The minimum atomic E-state index is -4.74. The van der Waals surface area contributed by atoms with Gasteiger partial charge >= 0.3 is 6.36 Å². The SMILES string of the molecule is CC1CCC(C(=O)Nc2cccc(OC(F)(F)F)c2)CN1. The molecule has 0 bridgehead atoms. The maximum Gasteiger partial charge on any atom is 0.573 e. The van der Waals surface area contributed by atoms with Gasteiger partial charge in [-0.15, -0.1) is 13.2 Å². The summed E-state index contributed by atoms with van der Waals surface area (Å²) >= 11 is 0. The second-order valence-corrected chi connectivity index (χ2v) is 5.15. The van der Waals surface area contributed by atoms with Crippen molar-refractivity contribution in [1.82, 2.24) is 5.32 Å². The van der Waals surface area contributed by atoms with Crippen molar-refractivity contribution in [3.05, 3.63) is 24.3 Å². The number of rotatable bonds is 3. The van der Waals surface area contributed by atoms with E-state index in [0.29, 0.717) is 18.3 Å². The Hall–Kier alpha value is -1.76. The first-order valence-electron chi connectivity index (χ1n) is 6.73. The number of anilines is 1. The monoisotopic (exact) mass is 302 g/mol. The molecule has 1 heterocycles. The van der Waals surface area contributed by atoms with Crippen LogP contribution in [0.15, 0.2) is 24.3 Å². The van der Waals surface area contributed by atoms with Gasteiger partial charge in [-0.2, -0.15) is 0 Å². The van der Waals surface area contributed by atoms with E-state index in [1.165, 1.54) is 18.2 Å².